The number of nitrogens with one attached hydrogen (secondary N) is 1. The average Bonchev–Trinajstić information content (AvgIpc) is 2.50. The third-order valence-electron chi connectivity index (χ3n) is 3.52. The number of hydrogen-bond acceptors (Lipinski definition) is 1. The van der Waals surface area contributed by atoms with Crippen LogP contribution in [0.15, 0.2) is 27.1 Å². The van der Waals surface area contributed by atoms with E-state index in [4.69, 9.17) is 0 Å². The third-order valence-corrected chi connectivity index (χ3v) is 4.67. The van der Waals surface area contributed by atoms with Gasteiger partial charge in [-0.15, -0.1) is 0 Å². The molecule has 16 heavy (non-hydrogen) atoms. The molecule has 0 spiro atoms. The van der Waals surface area contributed by atoms with Crippen molar-refractivity contribution in [3.63, 3.8) is 0 Å². The van der Waals surface area contributed by atoms with E-state index in [1.54, 1.807) is 0 Å². The van der Waals surface area contributed by atoms with Crippen LogP contribution >= 0.6 is 31.9 Å². The lowest BCUT2D eigenvalue weighted by atomic mass is 9.87. The molecule has 0 aliphatic heterocycles. The Morgan fingerprint density at radius 3 is 2.62 bits per heavy atom. The van der Waals surface area contributed by atoms with Crippen LogP contribution in [0, 0.1) is 5.41 Å². The summed E-state index contributed by atoms with van der Waals surface area (Å²) in [6.45, 7) is 4.70. The van der Waals surface area contributed by atoms with Gasteiger partial charge in [0.2, 0.25) is 0 Å². The Hall–Kier alpha value is -0.0200. The van der Waals surface area contributed by atoms with E-state index in [0.717, 1.165) is 8.95 Å². The number of rotatable bonds is 2. The lowest BCUT2D eigenvalue weighted by Crippen LogP contribution is -2.30. The Bertz CT molecular complexity index is 388. The lowest BCUT2D eigenvalue weighted by molar-refractivity contribution is 0.350. The number of halogens is 2. The van der Waals surface area contributed by atoms with Gasteiger partial charge in [0.1, 0.15) is 0 Å². The molecule has 1 N–H and O–H groups in total. The second-order valence-electron chi connectivity index (χ2n) is 5.20. The molecule has 1 saturated carbocycles. The second-order valence-corrected chi connectivity index (χ2v) is 6.97. The molecule has 1 fully saturated rings. The van der Waals surface area contributed by atoms with Crippen LogP contribution in [0.1, 0.15) is 33.1 Å². The molecule has 0 radical (unpaired) electrons. The monoisotopic (exact) mass is 345 g/mol. The van der Waals surface area contributed by atoms with Gasteiger partial charge in [-0.25, -0.2) is 0 Å². The summed E-state index contributed by atoms with van der Waals surface area (Å²) in [6.07, 6.45) is 3.92. The molecule has 2 rings (SSSR count). The quantitative estimate of drug-likeness (QED) is 0.775. The summed E-state index contributed by atoms with van der Waals surface area (Å²) in [5.41, 5.74) is 1.61. The molecule has 1 aromatic carbocycles. The van der Waals surface area contributed by atoms with Gasteiger partial charge < -0.3 is 5.32 Å². The average molecular weight is 347 g/mol. The van der Waals surface area contributed by atoms with Crippen LogP contribution < -0.4 is 5.32 Å². The lowest BCUT2D eigenvalue weighted by Gasteiger charge is -2.29. The van der Waals surface area contributed by atoms with E-state index in [1.807, 2.05) is 0 Å². The Balaban J connectivity index is 2.15. The molecule has 0 heterocycles. The fourth-order valence-electron chi connectivity index (χ4n) is 2.39. The molecule has 1 aliphatic carbocycles. The topological polar surface area (TPSA) is 12.0 Å². The summed E-state index contributed by atoms with van der Waals surface area (Å²) < 4.78 is 2.24. The minimum atomic E-state index is 0.409. The summed E-state index contributed by atoms with van der Waals surface area (Å²) >= 11 is 7.07. The molecule has 0 bridgehead atoms. The zero-order valence-corrected chi connectivity index (χ0v) is 12.9. The van der Waals surface area contributed by atoms with Crippen LogP contribution in [0.3, 0.4) is 0 Å². The van der Waals surface area contributed by atoms with Crippen molar-refractivity contribution in [2.45, 2.75) is 39.2 Å². The fourth-order valence-corrected chi connectivity index (χ4v) is 3.55. The van der Waals surface area contributed by atoms with Crippen molar-refractivity contribution >= 4 is 37.5 Å². The number of benzene rings is 1. The van der Waals surface area contributed by atoms with Crippen LogP contribution in [0.5, 0.6) is 0 Å². The zero-order valence-electron chi connectivity index (χ0n) is 9.69. The maximum absolute atomic E-state index is 3.66. The van der Waals surface area contributed by atoms with Gasteiger partial charge >= 0.3 is 0 Å². The Kier molecular flexibility index (Phi) is 3.65. The van der Waals surface area contributed by atoms with Crippen LogP contribution in [0.4, 0.5) is 5.69 Å². The second kappa shape index (κ2) is 4.69. The predicted molar refractivity (Wildman–Crippen MR) is 76.9 cm³/mol. The summed E-state index contributed by atoms with van der Waals surface area (Å²) in [4.78, 5) is 0. The number of hydrogen-bond donors (Lipinski definition) is 1. The van der Waals surface area contributed by atoms with Gasteiger partial charge in [0.25, 0.3) is 0 Å². The molecular formula is C13H17Br2N. The van der Waals surface area contributed by atoms with Crippen molar-refractivity contribution in [2.75, 3.05) is 5.32 Å². The van der Waals surface area contributed by atoms with Crippen LogP contribution in [0.2, 0.25) is 0 Å². The standard InChI is InChI=1S/C13H17Br2N/c1-13(2)7-3-4-12(13)16-11-6-5-9(14)8-10(11)15/h5-6,8,12,16H,3-4,7H2,1-2H3. The summed E-state index contributed by atoms with van der Waals surface area (Å²) in [5, 5.41) is 3.66. The summed E-state index contributed by atoms with van der Waals surface area (Å²) in [7, 11) is 0. The molecule has 3 heteroatoms. The van der Waals surface area contributed by atoms with E-state index in [-0.39, 0.29) is 0 Å². The largest absolute Gasteiger partial charge is 0.381 e. The van der Waals surface area contributed by atoms with E-state index < -0.39 is 0 Å². The minimum Gasteiger partial charge on any atom is -0.381 e. The van der Waals surface area contributed by atoms with E-state index in [2.05, 4.69) is 69.2 Å². The first-order valence-corrected chi connectivity index (χ1v) is 7.29. The van der Waals surface area contributed by atoms with E-state index >= 15 is 0 Å². The minimum absolute atomic E-state index is 0.409. The number of anilines is 1. The first-order chi connectivity index (χ1) is 7.49. The maximum atomic E-state index is 3.66. The van der Waals surface area contributed by atoms with Gasteiger partial charge in [-0.05, 0) is 52.4 Å². The van der Waals surface area contributed by atoms with Crippen molar-refractivity contribution in [1.29, 1.82) is 0 Å². The van der Waals surface area contributed by atoms with Gasteiger partial charge in [0.15, 0.2) is 0 Å². The van der Waals surface area contributed by atoms with Gasteiger partial charge in [0.05, 0.1) is 0 Å². The van der Waals surface area contributed by atoms with Crippen LogP contribution in [-0.4, -0.2) is 6.04 Å². The van der Waals surface area contributed by atoms with Crippen LogP contribution in [-0.2, 0) is 0 Å². The molecule has 0 saturated heterocycles. The van der Waals surface area contributed by atoms with Crippen molar-refractivity contribution in [3.8, 4) is 0 Å². The highest BCUT2D eigenvalue weighted by Crippen LogP contribution is 2.40. The van der Waals surface area contributed by atoms with E-state index in [0.29, 0.717) is 11.5 Å². The molecule has 1 nitrogen and oxygen atoms in total. The first-order valence-electron chi connectivity index (χ1n) is 5.71. The van der Waals surface area contributed by atoms with Crippen molar-refractivity contribution in [2.24, 2.45) is 5.41 Å². The first kappa shape index (κ1) is 12.4. The normalized spacial score (nSPS) is 23.4. The van der Waals surface area contributed by atoms with Crippen LogP contribution in [0.25, 0.3) is 0 Å². The maximum Gasteiger partial charge on any atom is 0.0487 e. The highest BCUT2D eigenvalue weighted by Gasteiger charge is 2.34. The Morgan fingerprint density at radius 2 is 2.06 bits per heavy atom. The molecule has 0 aromatic heterocycles. The van der Waals surface area contributed by atoms with Gasteiger partial charge in [-0.1, -0.05) is 36.2 Å². The van der Waals surface area contributed by atoms with Gasteiger partial charge in [-0.2, -0.15) is 0 Å². The van der Waals surface area contributed by atoms with Crippen molar-refractivity contribution in [3.05, 3.63) is 27.1 Å². The highest BCUT2D eigenvalue weighted by atomic mass is 79.9. The molecule has 1 atom stereocenters. The summed E-state index contributed by atoms with van der Waals surface area (Å²) in [6, 6.07) is 6.88. The fraction of sp³-hybridized carbons (Fsp3) is 0.538. The predicted octanol–water partition coefficient (Wildman–Crippen LogP) is 5.20. The molecular weight excluding hydrogens is 330 g/mol. The molecule has 0 amide bonds. The van der Waals surface area contributed by atoms with Crippen molar-refractivity contribution in [1.82, 2.24) is 0 Å². The molecule has 88 valence electrons. The molecule has 1 aliphatic rings. The highest BCUT2D eigenvalue weighted by molar-refractivity contribution is 9.11. The van der Waals surface area contributed by atoms with Gasteiger partial charge in [0, 0.05) is 20.7 Å². The SMILES string of the molecule is CC1(C)CCCC1Nc1ccc(Br)cc1Br. The summed E-state index contributed by atoms with van der Waals surface area (Å²) in [5.74, 6) is 0. The zero-order chi connectivity index (χ0) is 11.8. The van der Waals surface area contributed by atoms with E-state index in [1.165, 1.54) is 24.9 Å². The van der Waals surface area contributed by atoms with Gasteiger partial charge in [-0.3, -0.25) is 0 Å². The smallest absolute Gasteiger partial charge is 0.0487 e. The molecule has 1 unspecified atom stereocenters. The Morgan fingerprint density at radius 1 is 1.31 bits per heavy atom. The Labute approximate surface area is 114 Å². The van der Waals surface area contributed by atoms with E-state index in [9.17, 15) is 0 Å². The molecule has 1 aromatic rings. The third kappa shape index (κ3) is 2.62. The van der Waals surface area contributed by atoms with Crippen molar-refractivity contribution < 1.29 is 0 Å².